The number of nitrogens with zero attached hydrogens (tertiary/aromatic N) is 1. The van der Waals surface area contributed by atoms with Gasteiger partial charge in [-0.3, -0.25) is 14.4 Å². The molecule has 0 radical (unpaired) electrons. The Bertz CT molecular complexity index is 637. The van der Waals surface area contributed by atoms with Gasteiger partial charge in [-0.2, -0.15) is 0 Å². The van der Waals surface area contributed by atoms with Gasteiger partial charge in [0.15, 0.2) is 0 Å². The minimum absolute atomic E-state index is 0.0945. The summed E-state index contributed by atoms with van der Waals surface area (Å²) in [6.07, 6.45) is 0.338. The first-order chi connectivity index (χ1) is 11.7. The molecule has 2 rings (SSSR count). The number of carbonyl (C=O) groups excluding carboxylic acids is 2. The summed E-state index contributed by atoms with van der Waals surface area (Å²) in [6.45, 7) is 6.30. The minimum Gasteiger partial charge on any atom is -0.481 e. The number of carbonyl (C=O) groups is 3. The zero-order valence-electron chi connectivity index (χ0n) is 15.0. The molecule has 6 heteroatoms. The molecule has 25 heavy (non-hydrogen) atoms. The first kappa shape index (κ1) is 19.0. The number of likely N-dealkylation sites (tertiary alicyclic amines) is 1. The summed E-state index contributed by atoms with van der Waals surface area (Å²) >= 11 is 0. The van der Waals surface area contributed by atoms with Crippen LogP contribution in [-0.4, -0.2) is 47.4 Å². The fourth-order valence-electron chi connectivity index (χ4n) is 3.13. The monoisotopic (exact) mass is 346 g/mol. The van der Waals surface area contributed by atoms with E-state index in [1.807, 2.05) is 51.1 Å². The van der Waals surface area contributed by atoms with E-state index in [1.54, 1.807) is 0 Å². The van der Waals surface area contributed by atoms with Gasteiger partial charge in [-0.15, -0.1) is 0 Å². The van der Waals surface area contributed by atoms with E-state index in [4.69, 9.17) is 0 Å². The molecule has 0 bridgehead atoms. The Morgan fingerprint density at radius 3 is 2.36 bits per heavy atom. The summed E-state index contributed by atoms with van der Waals surface area (Å²) < 4.78 is 0. The Balaban J connectivity index is 1.97. The van der Waals surface area contributed by atoms with Crippen LogP contribution in [0.25, 0.3) is 0 Å². The number of carboxylic acids is 1. The third-order valence-electron chi connectivity index (χ3n) is 4.35. The van der Waals surface area contributed by atoms with Crippen molar-refractivity contribution in [2.45, 2.75) is 33.1 Å². The van der Waals surface area contributed by atoms with Crippen LogP contribution in [0.2, 0.25) is 0 Å². The molecule has 2 atom stereocenters. The standard InChI is InChI=1S/C19H26N2O4/c1-19(2,3)9-16(22)20-10-17(23)21-11-14(15(12-21)18(24)25)13-7-5-4-6-8-13/h4-8,14-15H,9-12H2,1-3H3,(H,20,22)(H,24,25)/t14-,15-/m0/s1. The van der Waals surface area contributed by atoms with Crippen molar-refractivity contribution >= 4 is 17.8 Å². The third-order valence-corrected chi connectivity index (χ3v) is 4.35. The summed E-state index contributed by atoms with van der Waals surface area (Å²) in [7, 11) is 0. The van der Waals surface area contributed by atoms with Crippen molar-refractivity contribution in [2.75, 3.05) is 19.6 Å². The molecule has 1 aliphatic rings. The molecule has 1 fully saturated rings. The summed E-state index contributed by atoms with van der Waals surface area (Å²) in [5.41, 5.74) is 0.773. The third kappa shape index (κ3) is 5.31. The summed E-state index contributed by atoms with van der Waals surface area (Å²) in [6, 6.07) is 9.39. The van der Waals surface area contributed by atoms with Gasteiger partial charge in [0.1, 0.15) is 0 Å². The number of nitrogens with one attached hydrogen (secondary N) is 1. The van der Waals surface area contributed by atoms with Crippen molar-refractivity contribution in [1.29, 1.82) is 0 Å². The topological polar surface area (TPSA) is 86.7 Å². The fourth-order valence-corrected chi connectivity index (χ4v) is 3.13. The SMILES string of the molecule is CC(C)(C)CC(=O)NCC(=O)N1C[C@H](C(=O)O)[C@H](c2ccccc2)C1. The number of hydrogen-bond acceptors (Lipinski definition) is 3. The van der Waals surface area contributed by atoms with Crippen LogP contribution in [-0.2, 0) is 14.4 Å². The molecule has 1 saturated heterocycles. The smallest absolute Gasteiger partial charge is 0.308 e. The second kappa shape index (κ2) is 7.68. The van der Waals surface area contributed by atoms with E-state index >= 15 is 0 Å². The molecule has 0 unspecified atom stereocenters. The Morgan fingerprint density at radius 1 is 1.16 bits per heavy atom. The average molecular weight is 346 g/mol. The van der Waals surface area contributed by atoms with E-state index in [2.05, 4.69) is 5.32 Å². The van der Waals surface area contributed by atoms with E-state index in [1.165, 1.54) is 4.90 Å². The highest BCUT2D eigenvalue weighted by Crippen LogP contribution is 2.32. The number of rotatable bonds is 5. The highest BCUT2D eigenvalue weighted by molar-refractivity contribution is 5.86. The molecule has 2 N–H and O–H groups in total. The molecule has 6 nitrogen and oxygen atoms in total. The van der Waals surface area contributed by atoms with Crippen LogP contribution in [0.5, 0.6) is 0 Å². The number of benzene rings is 1. The molecule has 1 aromatic rings. The van der Waals surface area contributed by atoms with Crippen LogP contribution < -0.4 is 5.32 Å². The molecule has 2 amide bonds. The maximum atomic E-state index is 12.4. The minimum atomic E-state index is -0.902. The fraction of sp³-hybridized carbons (Fsp3) is 0.526. The molecule has 0 spiro atoms. The number of aliphatic carboxylic acids is 1. The summed E-state index contributed by atoms with van der Waals surface area (Å²) in [5, 5.41) is 12.1. The normalized spacial score (nSPS) is 20.4. The van der Waals surface area contributed by atoms with E-state index in [9.17, 15) is 19.5 Å². The second-order valence-corrected chi connectivity index (χ2v) is 7.77. The van der Waals surface area contributed by atoms with E-state index in [-0.39, 0.29) is 36.2 Å². The lowest BCUT2D eigenvalue weighted by Crippen LogP contribution is -2.40. The predicted molar refractivity (Wildman–Crippen MR) is 94.0 cm³/mol. The van der Waals surface area contributed by atoms with Crippen LogP contribution in [0, 0.1) is 11.3 Å². The van der Waals surface area contributed by atoms with E-state index < -0.39 is 11.9 Å². The Labute approximate surface area is 148 Å². The maximum Gasteiger partial charge on any atom is 0.308 e. The van der Waals surface area contributed by atoms with Gasteiger partial charge in [0.05, 0.1) is 12.5 Å². The molecule has 1 aromatic carbocycles. The Morgan fingerprint density at radius 2 is 1.80 bits per heavy atom. The number of carboxylic acid groups (broad SMARTS) is 1. The first-order valence-electron chi connectivity index (χ1n) is 8.49. The summed E-state index contributed by atoms with van der Waals surface area (Å²) in [4.78, 5) is 37.3. The van der Waals surface area contributed by atoms with Gasteiger partial charge < -0.3 is 15.3 Å². The zero-order valence-corrected chi connectivity index (χ0v) is 15.0. The Hall–Kier alpha value is -2.37. The van der Waals surface area contributed by atoms with E-state index in [0.717, 1.165) is 5.56 Å². The molecular weight excluding hydrogens is 320 g/mol. The van der Waals surface area contributed by atoms with Gasteiger partial charge in [0.25, 0.3) is 0 Å². The zero-order chi connectivity index (χ0) is 18.6. The molecule has 0 saturated carbocycles. The second-order valence-electron chi connectivity index (χ2n) is 7.77. The maximum absolute atomic E-state index is 12.4. The van der Waals surface area contributed by atoms with Crippen molar-refractivity contribution in [3.05, 3.63) is 35.9 Å². The average Bonchev–Trinajstić information content (AvgIpc) is 2.97. The highest BCUT2D eigenvalue weighted by atomic mass is 16.4. The van der Waals surface area contributed by atoms with Crippen LogP contribution >= 0.6 is 0 Å². The van der Waals surface area contributed by atoms with Crippen LogP contribution in [0.1, 0.15) is 38.7 Å². The highest BCUT2D eigenvalue weighted by Gasteiger charge is 2.40. The van der Waals surface area contributed by atoms with Gasteiger partial charge in [-0.05, 0) is 11.0 Å². The van der Waals surface area contributed by atoms with Crippen LogP contribution in [0.3, 0.4) is 0 Å². The Kier molecular flexibility index (Phi) is 5.82. The van der Waals surface area contributed by atoms with Crippen molar-refractivity contribution in [1.82, 2.24) is 10.2 Å². The molecule has 0 aliphatic carbocycles. The summed E-state index contributed by atoms with van der Waals surface area (Å²) in [5.74, 6) is -2.17. The van der Waals surface area contributed by atoms with Crippen molar-refractivity contribution in [3.63, 3.8) is 0 Å². The van der Waals surface area contributed by atoms with Gasteiger partial charge >= 0.3 is 5.97 Å². The van der Waals surface area contributed by atoms with Gasteiger partial charge in [0, 0.05) is 25.4 Å². The van der Waals surface area contributed by atoms with Crippen molar-refractivity contribution < 1.29 is 19.5 Å². The lowest BCUT2D eigenvalue weighted by Gasteiger charge is -2.19. The predicted octanol–water partition coefficient (Wildman–Crippen LogP) is 1.87. The number of hydrogen-bond donors (Lipinski definition) is 2. The molecule has 1 aliphatic heterocycles. The lowest BCUT2D eigenvalue weighted by molar-refractivity contribution is -0.142. The van der Waals surface area contributed by atoms with Gasteiger partial charge in [0.2, 0.25) is 11.8 Å². The molecule has 0 aromatic heterocycles. The van der Waals surface area contributed by atoms with Gasteiger partial charge in [-0.25, -0.2) is 0 Å². The molecule has 1 heterocycles. The number of amides is 2. The quantitative estimate of drug-likeness (QED) is 0.852. The van der Waals surface area contributed by atoms with Crippen molar-refractivity contribution in [3.8, 4) is 0 Å². The van der Waals surface area contributed by atoms with Crippen LogP contribution in [0.15, 0.2) is 30.3 Å². The molecular formula is C19H26N2O4. The first-order valence-corrected chi connectivity index (χ1v) is 8.49. The van der Waals surface area contributed by atoms with E-state index in [0.29, 0.717) is 13.0 Å². The largest absolute Gasteiger partial charge is 0.481 e. The van der Waals surface area contributed by atoms with Crippen molar-refractivity contribution in [2.24, 2.45) is 11.3 Å². The van der Waals surface area contributed by atoms with Gasteiger partial charge in [-0.1, -0.05) is 51.1 Å². The van der Waals surface area contributed by atoms with Crippen LogP contribution in [0.4, 0.5) is 0 Å². The molecule has 136 valence electrons. The lowest BCUT2D eigenvalue weighted by atomic mass is 9.89.